The topological polar surface area (TPSA) is 37.4 Å². The largest absolute Gasteiger partial charge is 0.330 e. The standard InChI is InChI=1S/C9H8BrNO2S/c10-7-1-2-14-8(7)5-11-4-6(12)3-9(11)13/h1-2H,3-5H2. The lowest BCUT2D eigenvalue weighted by atomic mass is 10.3. The normalized spacial score (nSPS) is 16.8. The van der Waals surface area contributed by atoms with Crippen molar-refractivity contribution in [2.45, 2.75) is 13.0 Å². The molecule has 5 heteroatoms. The van der Waals surface area contributed by atoms with Crippen LogP contribution >= 0.6 is 27.3 Å². The molecule has 0 aliphatic carbocycles. The van der Waals surface area contributed by atoms with E-state index in [0.29, 0.717) is 6.54 Å². The van der Waals surface area contributed by atoms with E-state index < -0.39 is 0 Å². The maximum atomic E-state index is 11.3. The van der Waals surface area contributed by atoms with Gasteiger partial charge in [0, 0.05) is 9.35 Å². The van der Waals surface area contributed by atoms with Crippen molar-refractivity contribution in [2.24, 2.45) is 0 Å². The summed E-state index contributed by atoms with van der Waals surface area (Å²) in [7, 11) is 0. The second-order valence-corrected chi connectivity index (χ2v) is 5.01. The minimum absolute atomic E-state index is 0.0164. The van der Waals surface area contributed by atoms with Gasteiger partial charge in [-0.15, -0.1) is 11.3 Å². The number of nitrogens with zero attached hydrogens (tertiary/aromatic N) is 1. The quantitative estimate of drug-likeness (QED) is 0.771. The first kappa shape index (κ1) is 9.86. The third-order valence-electron chi connectivity index (χ3n) is 2.09. The van der Waals surface area contributed by atoms with E-state index in [2.05, 4.69) is 15.9 Å². The van der Waals surface area contributed by atoms with E-state index in [9.17, 15) is 9.59 Å². The first-order valence-electron chi connectivity index (χ1n) is 4.18. The molecule has 0 unspecified atom stereocenters. The number of likely N-dealkylation sites (tertiary alicyclic amines) is 1. The van der Waals surface area contributed by atoms with Crippen LogP contribution < -0.4 is 0 Å². The van der Waals surface area contributed by atoms with E-state index >= 15 is 0 Å². The minimum Gasteiger partial charge on any atom is -0.330 e. The van der Waals surface area contributed by atoms with Crippen molar-refractivity contribution in [1.29, 1.82) is 0 Å². The molecular weight excluding hydrogens is 266 g/mol. The zero-order valence-corrected chi connectivity index (χ0v) is 9.73. The molecule has 0 N–H and O–H groups in total. The van der Waals surface area contributed by atoms with Crippen molar-refractivity contribution < 1.29 is 9.59 Å². The van der Waals surface area contributed by atoms with Crippen molar-refractivity contribution in [3.05, 3.63) is 20.8 Å². The molecule has 1 aliphatic rings. The Morgan fingerprint density at radius 2 is 2.29 bits per heavy atom. The van der Waals surface area contributed by atoms with Crippen molar-refractivity contribution in [3.63, 3.8) is 0 Å². The average Bonchev–Trinajstić information content (AvgIpc) is 2.62. The van der Waals surface area contributed by atoms with Crippen LogP contribution in [0.3, 0.4) is 0 Å². The van der Waals surface area contributed by atoms with Crippen LogP contribution in [0.4, 0.5) is 0 Å². The fourth-order valence-electron chi connectivity index (χ4n) is 1.39. The van der Waals surface area contributed by atoms with E-state index in [1.54, 1.807) is 16.2 Å². The molecule has 0 radical (unpaired) electrons. The molecule has 2 heterocycles. The molecule has 1 aliphatic heterocycles. The maximum absolute atomic E-state index is 11.3. The van der Waals surface area contributed by atoms with Crippen molar-refractivity contribution in [1.82, 2.24) is 4.90 Å². The lowest BCUT2D eigenvalue weighted by Gasteiger charge is -2.13. The molecule has 1 amide bonds. The summed E-state index contributed by atoms with van der Waals surface area (Å²) in [6.07, 6.45) is 0.0724. The third kappa shape index (κ3) is 1.88. The van der Waals surface area contributed by atoms with Gasteiger partial charge in [0.2, 0.25) is 5.91 Å². The SMILES string of the molecule is O=C1CC(=O)N(Cc2sccc2Br)C1. The predicted octanol–water partition coefficient (Wildman–Crippen LogP) is 1.81. The van der Waals surface area contributed by atoms with E-state index in [1.165, 1.54) is 0 Å². The molecule has 3 nitrogen and oxygen atoms in total. The van der Waals surface area contributed by atoms with Gasteiger partial charge in [-0.3, -0.25) is 9.59 Å². The predicted molar refractivity (Wildman–Crippen MR) is 57.1 cm³/mol. The Kier molecular flexibility index (Phi) is 2.69. The molecule has 1 saturated heterocycles. The number of amides is 1. The summed E-state index contributed by atoms with van der Waals surface area (Å²) < 4.78 is 1.01. The molecule has 0 atom stereocenters. The fourth-order valence-corrected chi connectivity index (χ4v) is 2.89. The highest BCUT2D eigenvalue weighted by Crippen LogP contribution is 2.25. The van der Waals surface area contributed by atoms with Crippen LogP contribution in [-0.2, 0) is 16.1 Å². The number of carbonyl (C=O) groups excluding carboxylic acids is 2. The van der Waals surface area contributed by atoms with Crippen LogP contribution in [0.15, 0.2) is 15.9 Å². The highest BCUT2D eigenvalue weighted by atomic mass is 79.9. The molecule has 74 valence electrons. The molecule has 1 aromatic rings. The van der Waals surface area contributed by atoms with Gasteiger partial charge < -0.3 is 4.90 Å². The number of halogens is 1. The molecule has 0 saturated carbocycles. The Morgan fingerprint density at radius 1 is 1.50 bits per heavy atom. The molecule has 0 bridgehead atoms. The van der Waals surface area contributed by atoms with Crippen molar-refractivity contribution in [2.75, 3.05) is 6.54 Å². The average molecular weight is 274 g/mol. The number of Topliss-reactive ketones (excluding diaryl/α,β-unsaturated/α-hetero) is 1. The summed E-state index contributed by atoms with van der Waals surface area (Å²) in [5, 5.41) is 1.96. The van der Waals surface area contributed by atoms with E-state index in [1.807, 2.05) is 11.4 Å². The molecule has 1 aromatic heterocycles. The molecule has 0 spiro atoms. The van der Waals surface area contributed by atoms with Gasteiger partial charge in [-0.25, -0.2) is 0 Å². The minimum atomic E-state index is -0.0599. The summed E-state index contributed by atoms with van der Waals surface area (Å²) in [5.74, 6) is -0.0435. The van der Waals surface area contributed by atoms with Gasteiger partial charge in [0.1, 0.15) is 0 Å². The smallest absolute Gasteiger partial charge is 0.230 e. The summed E-state index contributed by atoms with van der Waals surface area (Å²) in [5.41, 5.74) is 0. The van der Waals surface area contributed by atoms with Crippen LogP contribution in [0.25, 0.3) is 0 Å². The molecule has 0 aromatic carbocycles. The molecular formula is C9H8BrNO2S. The maximum Gasteiger partial charge on any atom is 0.230 e. The van der Waals surface area contributed by atoms with Gasteiger partial charge >= 0.3 is 0 Å². The van der Waals surface area contributed by atoms with Gasteiger partial charge in [-0.05, 0) is 27.4 Å². The van der Waals surface area contributed by atoms with E-state index in [4.69, 9.17) is 0 Å². The third-order valence-corrected chi connectivity index (χ3v) is 4.00. The van der Waals surface area contributed by atoms with Gasteiger partial charge in [0.15, 0.2) is 5.78 Å². The van der Waals surface area contributed by atoms with Crippen molar-refractivity contribution >= 4 is 39.0 Å². The van der Waals surface area contributed by atoms with Crippen LogP contribution in [0.5, 0.6) is 0 Å². The first-order chi connectivity index (χ1) is 6.66. The van der Waals surface area contributed by atoms with Crippen LogP contribution in [-0.4, -0.2) is 23.1 Å². The van der Waals surface area contributed by atoms with Crippen LogP contribution in [0.1, 0.15) is 11.3 Å². The Balaban J connectivity index is 2.09. The van der Waals surface area contributed by atoms with E-state index in [0.717, 1.165) is 9.35 Å². The summed E-state index contributed by atoms with van der Waals surface area (Å²) >= 11 is 4.98. The molecule has 1 fully saturated rings. The number of thiophene rings is 1. The van der Waals surface area contributed by atoms with Gasteiger partial charge in [-0.1, -0.05) is 0 Å². The molecule has 14 heavy (non-hydrogen) atoms. The van der Waals surface area contributed by atoms with Gasteiger partial charge in [0.25, 0.3) is 0 Å². The van der Waals surface area contributed by atoms with Gasteiger partial charge in [0.05, 0.1) is 19.5 Å². The summed E-state index contributed by atoms with van der Waals surface area (Å²) in [6.45, 7) is 0.812. The zero-order valence-electron chi connectivity index (χ0n) is 7.33. The Hall–Kier alpha value is -0.680. The van der Waals surface area contributed by atoms with Crippen LogP contribution in [0, 0.1) is 0 Å². The summed E-state index contributed by atoms with van der Waals surface area (Å²) in [6, 6.07) is 1.95. The monoisotopic (exact) mass is 273 g/mol. The van der Waals surface area contributed by atoms with Crippen molar-refractivity contribution in [3.8, 4) is 0 Å². The Morgan fingerprint density at radius 3 is 2.79 bits per heavy atom. The first-order valence-corrected chi connectivity index (χ1v) is 5.85. The number of carbonyl (C=O) groups is 2. The second-order valence-electron chi connectivity index (χ2n) is 3.16. The molecule has 2 rings (SSSR count). The van der Waals surface area contributed by atoms with Crippen LogP contribution in [0.2, 0.25) is 0 Å². The number of rotatable bonds is 2. The number of ketones is 1. The lowest BCUT2D eigenvalue weighted by Crippen LogP contribution is -2.24. The fraction of sp³-hybridized carbons (Fsp3) is 0.333. The highest BCUT2D eigenvalue weighted by Gasteiger charge is 2.27. The highest BCUT2D eigenvalue weighted by molar-refractivity contribution is 9.10. The lowest BCUT2D eigenvalue weighted by molar-refractivity contribution is -0.128. The number of hydrogen-bond donors (Lipinski definition) is 0. The summed E-state index contributed by atoms with van der Waals surface area (Å²) in [4.78, 5) is 25.0. The number of hydrogen-bond acceptors (Lipinski definition) is 3. The zero-order chi connectivity index (χ0) is 10.1. The second kappa shape index (κ2) is 3.82. The Bertz CT molecular complexity index is 388. The van der Waals surface area contributed by atoms with E-state index in [-0.39, 0.29) is 24.7 Å². The Labute approximate surface area is 93.8 Å². The van der Waals surface area contributed by atoms with Gasteiger partial charge in [-0.2, -0.15) is 0 Å².